The third kappa shape index (κ3) is 5.42. The molecule has 2 N–H and O–H groups in total. The molecule has 0 aromatic heterocycles. The third-order valence-electron chi connectivity index (χ3n) is 5.05. The lowest BCUT2D eigenvalue weighted by Crippen LogP contribution is -2.32. The molecule has 0 unspecified atom stereocenters. The van der Waals surface area contributed by atoms with Gasteiger partial charge in [0, 0.05) is 32.9 Å². The summed E-state index contributed by atoms with van der Waals surface area (Å²) in [5, 5.41) is 6.77. The summed E-state index contributed by atoms with van der Waals surface area (Å²) in [6, 6.07) is 15.7. The van der Waals surface area contributed by atoms with Crippen molar-refractivity contribution in [3.8, 4) is 0 Å². The molecule has 0 bridgehead atoms. The Hall–Kier alpha value is -2.74. The predicted molar refractivity (Wildman–Crippen MR) is 140 cm³/mol. The average molecular weight is 570 g/mol. The maximum Gasteiger partial charge on any atom is 0.283 e. The molecule has 0 aliphatic carbocycles. The molecule has 3 aromatic rings. The van der Waals surface area contributed by atoms with E-state index >= 15 is 0 Å². The van der Waals surface area contributed by atoms with Crippen LogP contribution in [0.2, 0.25) is 20.1 Å². The Morgan fingerprint density at radius 1 is 0.771 bits per heavy atom. The second kappa shape index (κ2) is 10.5. The first-order chi connectivity index (χ1) is 16.7. The molecule has 0 fully saturated rings. The van der Waals surface area contributed by atoms with Gasteiger partial charge in [-0.2, -0.15) is 0 Å². The Morgan fingerprint density at radius 2 is 1.40 bits per heavy atom. The molecule has 178 valence electrons. The molecule has 1 heterocycles. The predicted octanol–water partition coefficient (Wildman–Crippen LogP) is 6.67. The number of hydrogen-bond acceptors (Lipinski definition) is 4. The van der Waals surface area contributed by atoms with E-state index in [1.165, 1.54) is 18.2 Å². The summed E-state index contributed by atoms with van der Waals surface area (Å²) in [6.45, 7) is 0.219. The smallest absolute Gasteiger partial charge is 0.283 e. The first-order valence-electron chi connectivity index (χ1n) is 9.98. The van der Waals surface area contributed by atoms with Crippen molar-refractivity contribution in [1.29, 1.82) is 0 Å². The number of amides is 3. The Morgan fingerprint density at radius 3 is 2.03 bits per heavy atom. The minimum absolute atomic E-state index is 0.114. The number of halogens is 5. The van der Waals surface area contributed by atoms with E-state index < -0.39 is 11.8 Å². The first-order valence-corrected chi connectivity index (χ1v) is 11.9. The fourth-order valence-corrected chi connectivity index (χ4v) is 4.47. The van der Waals surface area contributed by atoms with Gasteiger partial charge in [0.15, 0.2) is 0 Å². The quantitative estimate of drug-likeness (QED) is 0.325. The third-order valence-corrected chi connectivity index (χ3v) is 6.52. The summed E-state index contributed by atoms with van der Waals surface area (Å²) in [6.07, 6.45) is 0. The van der Waals surface area contributed by atoms with Crippen molar-refractivity contribution in [3.63, 3.8) is 0 Å². The number of rotatable bonds is 6. The molecule has 3 amide bonds. The molecule has 4 rings (SSSR count). The highest BCUT2D eigenvalue weighted by Crippen LogP contribution is 2.35. The molecule has 11 heteroatoms. The van der Waals surface area contributed by atoms with Crippen molar-refractivity contribution < 1.29 is 14.4 Å². The maximum absolute atomic E-state index is 12.9. The van der Waals surface area contributed by atoms with Crippen molar-refractivity contribution >= 4 is 87.1 Å². The van der Waals surface area contributed by atoms with E-state index in [0.29, 0.717) is 26.3 Å². The highest BCUT2D eigenvalue weighted by atomic mass is 35.5. The minimum atomic E-state index is -0.722. The van der Waals surface area contributed by atoms with Gasteiger partial charge in [-0.15, -0.1) is 0 Å². The standard InChI is InChI=1S/C24H14Cl5N3O3/c25-14-4-1-13(17(27)9-14)11-30-22(33)12-2-6-16(7-3-12)31-21-20(29)23(34)32(24(21)35)19-8-5-15(26)10-18(19)28/h1-10,31H,11H2,(H,30,33). The van der Waals surface area contributed by atoms with Crippen LogP contribution in [-0.4, -0.2) is 17.7 Å². The van der Waals surface area contributed by atoms with Crippen LogP contribution in [-0.2, 0) is 16.1 Å². The number of imide groups is 1. The highest BCUT2D eigenvalue weighted by molar-refractivity contribution is 6.54. The molecular formula is C24H14Cl5N3O3. The van der Waals surface area contributed by atoms with Gasteiger partial charge in [-0.1, -0.05) is 64.1 Å². The summed E-state index contributed by atoms with van der Waals surface area (Å²) in [7, 11) is 0. The zero-order valence-corrected chi connectivity index (χ0v) is 21.3. The number of anilines is 2. The van der Waals surface area contributed by atoms with Gasteiger partial charge in [0.05, 0.1) is 10.7 Å². The molecule has 0 atom stereocenters. The van der Waals surface area contributed by atoms with Gasteiger partial charge in [-0.05, 0) is 60.2 Å². The summed E-state index contributed by atoms with van der Waals surface area (Å²) in [4.78, 5) is 38.9. The lowest BCUT2D eigenvalue weighted by molar-refractivity contribution is -0.120. The fraction of sp³-hybridized carbons (Fsp3) is 0.0417. The van der Waals surface area contributed by atoms with Crippen molar-refractivity contribution in [1.82, 2.24) is 5.32 Å². The summed E-state index contributed by atoms with van der Waals surface area (Å²) < 4.78 is 0. The van der Waals surface area contributed by atoms with Gasteiger partial charge in [0.2, 0.25) is 0 Å². The van der Waals surface area contributed by atoms with Crippen LogP contribution in [0.4, 0.5) is 11.4 Å². The van der Waals surface area contributed by atoms with E-state index in [2.05, 4.69) is 10.6 Å². The molecule has 0 saturated carbocycles. The lowest BCUT2D eigenvalue weighted by atomic mass is 10.1. The molecule has 6 nitrogen and oxygen atoms in total. The molecule has 0 saturated heterocycles. The Balaban J connectivity index is 1.44. The second-order valence-electron chi connectivity index (χ2n) is 7.35. The van der Waals surface area contributed by atoms with E-state index in [9.17, 15) is 14.4 Å². The molecular weight excluding hydrogens is 556 g/mol. The van der Waals surface area contributed by atoms with E-state index in [0.717, 1.165) is 10.5 Å². The minimum Gasteiger partial charge on any atom is -0.350 e. The molecule has 0 spiro atoms. The van der Waals surface area contributed by atoms with E-state index in [-0.39, 0.29) is 33.9 Å². The van der Waals surface area contributed by atoms with Crippen LogP contribution in [0.1, 0.15) is 15.9 Å². The van der Waals surface area contributed by atoms with Gasteiger partial charge in [-0.3, -0.25) is 14.4 Å². The fourth-order valence-electron chi connectivity index (χ4n) is 3.28. The molecule has 1 aliphatic heterocycles. The zero-order valence-electron chi connectivity index (χ0n) is 17.5. The molecule has 35 heavy (non-hydrogen) atoms. The largest absolute Gasteiger partial charge is 0.350 e. The summed E-state index contributed by atoms with van der Waals surface area (Å²) in [5.74, 6) is -1.72. The number of carbonyl (C=O) groups excluding carboxylic acids is 3. The number of nitrogens with one attached hydrogen (secondary N) is 2. The summed E-state index contributed by atoms with van der Waals surface area (Å²) >= 11 is 30.2. The van der Waals surface area contributed by atoms with Gasteiger partial charge < -0.3 is 10.6 Å². The van der Waals surface area contributed by atoms with Crippen molar-refractivity contribution in [2.45, 2.75) is 6.54 Å². The highest BCUT2D eigenvalue weighted by Gasteiger charge is 2.39. The molecule has 3 aromatic carbocycles. The van der Waals surface area contributed by atoms with Crippen LogP contribution < -0.4 is 15.5 Å². The monoisotopic (exact) mass is 567 g/mol. The van der Waals surface area contributed by atoms with Crippen molar-refractivity contribution in [2.24, 2.45) is 0 Å². The number of hydrogen-bond donors (Lipinski definition) is 2. The van der Waals surface area contributed by atoms with Crippen LogP contribution in [0.25, 0.3) is 0 Å². The van der Waals surface area contributed by atoms with Crippen LogP contribution in [0.5, 0.6) is 0 Å². The second-order valence-corrected chi connectivity index (χ2v) is 9.42. The van der Waals surface area contributed by atoms with Gasteiger partial charge in [0.1, 0.15) is 10.7 Å². The Labute approximate surface area is 225 Å². The van der Waals surface area contributed by atoms with Crippen LogP contribution in [0.15, 0.2) is 71.4 Å². The van der Waals surface area contributed by atoms with E-state index in [4.69, 9.17) is 58.0 Å². The Bertz CT molecular complexity index is 1390. The molecule has 0 radical (unpaired) electrons. The topological polar surface area (TPSA) is 78.5 Å². The van der Waals surface area contributed by atoms with Gasteiger partial charge in [-0.25, -0.2) is 4.90 Å². The molecule has 1 aliphatic rings. The lowest BCUT2D eigenvalue weighted by Gasteiger charge is -2.16. The van der Waals surface area contributed by atoms with E-state index in [1.807, 2.05) is 0 Å². The number of nitrogens with zero attached hydrogens (tertiary/aromatic N) is 1. The first kappa shape index (κ1) is 25.4. The van der Waals surface area contributed by atoms with Crippen LogP contribution in [0, 0.1) is 0 Å². The SMILES string of the molecule is O=C(NCc1ccc(Cl)cc1Cl)c1ccc(NC2=C(Cl)C(=O)N(c3ccc(Cl)cc3Cl)C2=O)cc1. The van der Waals surface area contributed by atoms with Gasteiger partial charge >= 0.3 is 0 Å². The van der Waals surface area contributed by atoms with Crippen LogP contribution >= 0.6 is 58.0 Å². The normalized spacial score (nSPS) is 13.5. The zero-order chi connectivity index (χ0) is 25.3. The van der Waals surface area contributed by atoms with Crippen molar-refractivity contribution in [3.05, 3.63) is 103 Å². The maximum atomic E-state index is 12.9. The number of benzene rings is 3. The van der Waals surface area contributed by atoms with Crippen LogP contribution in [0.3, 0.4) is 0 Å². The van der Waals surface area contributed by atoms with Gasteiger partial charge in [0.25, 0.3) is 17.7 Å². The van der Waals surface area contributed by atoms with E-state index in [1.54, 1.807) is 42.5 Å². The Kier molecular flexibility index (Phi) is 7.59. The summed E-state index contributed by atoms with van der Waals surface area (Å²) in [5.41, 5.74) is 1.59. The number of carbonyl (C=O) groups is 3. The van der Waals surface area contributed by atoms with Crippen molar-refractivity contribution in [2.75, 3.05) is 10.2 Å². The average Bonchev–Trinajstić information content (AvgIpc) is 3.02.